The summed E-state index contributed by atoms with van der Waals surface area (Å²) in [5.74, 6) is 0. The Hall–Kier alpha value is -0.820. The highest BCUT2D eigenvalue weighted by Gasteiger charge is 2.13. The van der Waals surface area contributed by atoms with E-state index in [1.165, 1.54) is 16.7 Å². The molecule has 0 unspecified atom stereocenters. The van der Waals surface area contributed by atoms with Crippen LogP contribution in [0.25, 0.3) is 0 Å². The third-order valence-corrected chi connectivity index (χ3v) is 2.58. The van der Waals surface area contributed by atoms with Crippen molar-refractivity contribution in [2.24, 2.45) is 0 Å². The molecule has 0 amide bonds. The maximum Gasteiger partial charge on any atom is 0.0205 e. The van der Waals surface area contributed by atoms with Crippen LogP contribution in [0.2, 0.25) is 0 Å². The molecule has 0 aromatic heterocycles. The molecule has 0 aliphatic carbocycles. The van der Waals surface area contributed by atoms with Crippen molar-refractivity contribution in [3.05, 3.63) is 34.9 Å². The Kier molecular flexibility index (Phi) is 3.33. The van der Waals surface area contributed by atoms with Crippen LogP contribution in [-0.4, -0.2) is 7.05 Å². The van der Waals surface area contributed by atoms with E-state index in [1.54, 1.807) is 0 Å². The smallest absolute Gasteiger partial charge is 0.0205 e. The largest absolute Gasteiger partial charge is 0.316 e. The number of hydrogen-bond donors (Lipinski definition) is 1. The summed E-state index contributed by atoms with van der Waals surface area (Å²) in [6.07, 6.45) is 0. The molecule has 1 aromatic rings. The minimum Gasteiger partial charge on any atom is -0.316 e. The summed E-state index contributed by atoms with van der Waals surface area (Å²) in [4.78, 5) is 0. The van der Waals surface area contributed by atoms with Gasteiger partial charge in [-0.05, 0) is 36.1 Å². The number of rotatable bonds is 2. The Morgan fingerprint density at radius 3 is 2.36 bits per heavy atom. The second kappa shape index (κ2) is 4.14. The molecule has 1 nitrogen and oxygen atoms in total. The first-order valence-electron chi connectivity index (χ1n) is 5.20. The maximum atomic E-state index is 3.18. The summed E-state index contributed by atoms with van der Waals surface area (Å²) in [6, 6.07) is 6.76. The van der Waals surface area contributed by atoms with E-state index < -0.39 is 0 Å². The molecule has 0 atom stereocenters. The van der Waals surface area contributed by atoms with Crippen LogP contribution in [0, 0.1) is 6.92 Å². The van der Waals surface area contributed by atoms with Crippen LogP contribution in [0.1, 0.15) is 38.9 Å². The van der Waals surface area contributed by atoms with Crippen molar-refractivity contribution in [1.82, 2.24) is 5.32 Å². The molecule has 0 saturated carbocycles. The number of hydrogen-bond acceptors (Lipinski definition) is 1. The van der Waals surface area contributed by atoms with E-state index in [0.29, 0.717) is 0 Å². The zero-order valence-corrected chi connectivity index (χ0v) is 9.94. The average molecular weight is 193 g/mol. The van der Waals surface area contributed by atoms with Crippen molar-refractivity contribution >= 4 is 0 Å². The average Bonchev–Trinajstić information content (AvgIpc) is 2.07. The predicted molar refractivity (Wildman–Crippen MR) is 64.8 cm³/mol. The molecular formula is C13H23N. The van der Waals surface area contributed by atoms with E-state index in [-0.39, 0.29) is 6.84 Å². The van der Waals surface area contributed by atoms with Crippen LogP contribution in [0.4, 0.5) is 0 Å². The zero-order valence-electron chi connectivity index (χ0n) is 9.94. The van der Waals surface area contributed by atoms with Gasteiger partial charge in [-0.3, -0.25) is 0 Å². The Bertz CT molecular complexity index is 313. The fourth-order valence-electron chi connectivity index (χ4n) is 1.55. The molecule has 1 rings (SSSR count). The van der Waals surface area contributed by atoms with E-state index in [4.69, 9.17) is 0 Å². The van der Waals surface area contributed by atoms with Crippen molar-refractivity contribution in [2.45, 2.75) is 39.7 Å². The van der Waals surface area contributed by atoms with Gasteiger partial charge in [0.25, 0.3) is 0 Å². The Morgan fingerprint density at radius 2 is 1.93 bits per heavy atom. The lowest BCUT2D eigenvalue weighted by Gasteiger charge is -2.20. The van der Waals surface area contributed by atoms with E-state index >= 15 is 0 Å². The molecule has 1 aromatic carbocycles. The van der Waals surface area contributed by atoms with Crippen molar-refractivity contribution in [3.8, 4) is 0 Å². The third kappa shape index (κ3) is 2.58. The molecule has 0 fully saturated rings. The van der Waals surface area contributed by atoms with E-state index in [2.05, 4.69) is 51.2 Å². The zero-order chi connectivity index (χ0) is 10.8. The summed E-state index contributed by atoms with van der Waals surface area (Å²) in [7, 11) is 1.98. The lowest BCUT2D eigenvalue weighted by Crippen LogP contribution is -2.13. The highest BCUT2D eigenvalue weighted by Crippen LogP contribution is 2.24. The summed E-state index contributed by atoms with van der Waals surface area (Å²) in [5.41, 5.74) is 4.44. The second-order valence-corrected chi connectivity index (χ2v) is 4.92. The Morgan fingerprint density at radius 1 is 1.29 bits per heavy atom. The molecule has 80 valence electrons. The lowest BCUT2D eigenvalue weighted by atomic mass is 9.85. The molecule has 0 radical (unpaired) electrons. The molecule has 0 spiro atoms. The van der Waals surface area contributed by atoms with Gasteiger partial charge in [-0.15, -0.1) is 0 Å². The van der Waals surface area contributed by atoms with Crippen molar-refractivity contribution in [2.75, 3.05) is 7.05 Å². The van der Waals surface area contributed by atoms with Gasteiger partial charge < -0.3 is 5.32 Å². The summed E-state index contributed by atoms with van der Waals surface area (Å²) < 4.78 is 0. The Labute approximate surface area is 89.0 Å². The normalized spacial score (nSPS) is 11.8. The van der Waals surface area contributed by atoms with Gasteiger partial charge in [0.05, 0.1) is 0 Å². The summed E-state index contributed by atoms with van der Waals surface area (Å²) in [5, 5.41) is 3.18. The van der Waals surface area contributed by atoms with Gasteiger partial charge in [0.1, 0.15) is 0 Å². The highest BCUT2D eigenvalue weighted by molar-refractivity contribution is 5.34. The van der Waals surface area contributed by atoms with Crippen LogP contribution >= 0.6 is 0 Å². The van der Waals surface area contributed by atoms with Crippen molar-refractivity contribution < 1.29 is 1.43 Å². The fraction of sp³-hybridized carbons (Fsp3) is 0.538. The first-order valence-corrected chi connectivity index (χ1v) is 5.20. The first-order chi connectivity index (χ1) is 6.45. The standard InChI is InChI=1S/C13H21N.H2/c1-10-8-12(13(2,3)4)7-6-11(10)9-14-5;/h6-8,14H,9H2,1-5H3;1H. The van der Waals surface area contributed by atoms with Gasteiger partial charge in [-0.1, -0.05) is 39.0 Å². The van der Waals surface area contributed by atoms with Gasteiger partial charge in [-0.2, -0.15) is 0 Å². The van der Waals surface area contributed by atoms with E-state index in [0.717, 1.165) is 6.54 Å². The quantitative estimate of drug-likeness (QED) is 0.760. The van der Waals surface area contributed by atoms with Gasteiger partial charge >= 0.3 is 0 Å². The minimum atomic E-state index is 0. The van der Waals surface area contributed by atoms with Crippen molar-refractivity contribution in [3.63, 3.8) is 0 Å². The highest BCUT2D eigenvalue weighted by atomic mass is 14.8. The minimum absolute atomic E-state index is 0. The lowest BCUT2D eigenvalue weighted by molar-refractivity contribution is 0.589. The van der Waals surface area contributed by atoms with Crippen LogP contribution in [-0.2, 0) is 12.0 Å². The van der Waals surface area contributed by atoms with E-state index in [9.17, 15) is 0 Å². The molecule has 1 N–H and O–H groups in total. The number of benzene rings is 1. The topological polar surface area (TPSA) is 12.0 Å². The number of aryl methyl sites for hydroxylation is 1. The van der Waals surface area contributed by atoms with Crippen LogP contribution in [0.5, 0.6) is 0 Å². The SMILES string of the molecule is CNCc1ccc(C(C)(C)C)cc1C.[HH]. The molecule has 1 heteroatoms. The predicted octanol–water partition coefficient (Wildman–Crippen LogP) is 3.26. The molecule has 14 heavy (non-hydrogen) atoms. The van der Waals surface area contributed by atoms with E-state index in [1.807, 2.05) is 7.05 Å². The maximum absolute atomic E-state index is 3.18. The van der Waals surface area contributed by atoms with Crippen LogP contribution in [0.15, 0.2) is 18.2 Å². The fourth-order valence-corrected chi connectivity index (χ4v) is 1.55. The molecular weight excluding hydrogens is 170 g/mol. The number of nitrogens with one attached hydrogen (secondary N) is 1. The van der Waals surface area contributed by atoms with Gasteiger partial charge in [0.15, 0.2) is 0 Å². The summed E-state index contributed by atoms with van der Waals surface area (Å²) in [6.45, 7) is 9.89. The van der Waals surface area contributed by atoms with Gasteiger partial charge in [-0.25, -0.2) is 0 Å². The molecule has 0 aliphatic rings. The first kappa shape index (κ1) is 11.3. The van der Waals surface area contributed by atoms with Crippen LogP contribution in [0.3, 0.4) is 0 Å². The molecule has 0 heterocycles. The molecule has 0 saturated heterocycles. The van der Waals surface area contributed by atoms with Gasteiger partial charge in [0, 0.05) is 7.97 Å². The second-order valence-electron chi connectivity index (χ2n) is 4.92. The molecule has 0 bridgehead atoms. The van der Waals surface area contributed by atoms with Gasteiger partial charge in [0.2, 0.25) is 0 Å². The van der Waals surface area contributed by atoms with Crippen LogP contribution < -0.4 is 5.32 Å². The summed E-state index contributed by atoms with van der Waals surface area (Å²) >= 11 is 0. The Balaban J connectivity index is 0.00000196. The van der Waals surface area contributed by atoms with Crippen molar-refractivity contribution in [1.29, 1.82) is 0 Å². The third-order valence-electron chi connectivity index (χ3n) is 2.58. The monoisotopic (exact) mass is 193 g/mol. The molecule has 0 aliphatic heterocycles.